The zero-order chi connectivity index (χ0) is 16.4. The van der Waals surface area contributed by atoms with Gasteiger partial charge in [0.15, 0.2) is 0 Å². The van der Waals surface area contributed by atoms with E-state index >= 15 is 0 Å². The van der Waals surface area contributed by atoms with Crippen LogP contribution in [0.5, 0.6) is 5.75 Å². The van der Waals surface area contributed by atoms with Gasteiger partial charge >= 0.3 is 5.97 Å². The van der Waals surface area contributed by atoms with Gasteiger partial charge in [0.1, 0.15) is 17.9 Å². The first-order valence-corrected chi connectivity index (χ1v) is 8.08. The number of ether oxygens (including phenoxy) is 1. The van der Waals surface area contributed by atoms with Crippen LogP contribution in [0, 0.1) is 0 Å². The fraction of sp³-hybridized carbons (Fsp3) is 0.588. The Bertz CT molecular complexity index is 465. The average molecular weight is 345 g/mol. The van der Waals surface area contributed by atoms with E-state index in [4.69, 9.17) is 4.74 Å². The highest BCUT2D eigenvalue weighted by molar-refractivity contribution is 5.93. The normalized spacial score (nSPS) is 10.3. The molecule has 0 aliphatic carbocycles. The van der Waals surface area contributed by atoms with Gasteiger partial charge in [0.05, 0.1) is 0 Å². The van der Waals surface area contributed by atoms with E-state index in [1.807, 2.05) is 0 Å². The van der Waals surface area contributed by atoms with Crippen molar-refractivity contribution in [3.63, 3.8) is 0 Å². The van der Waals surface area contributed by atoms with Crippen LogP contribution in [0.4, 0.5) is 5.69 Å². The Hall–Kier alpha value is -1.46. The largest absolute Gasteiger partial charge is 0.507 e. The van der Waals surface area contributed by atoms with Crippen molar-refractivity contribution in [2.45, 2.75) is 33.6 Å². The molecule has 0 aliphatic rings. The van der Waals surface area contributed by atoms with Crippen LogP contribution in [0.3, 0.4) is 0 Å². The summed E-state index contributed by atoms with van der Waals surface area (Å²) in [7, 11) is 0. The average Bonchev–Trinajstić information content (AvgIpc) is 2.52. The number of likely N-dealkylation sites (N-methyl/N-ethyl adjacent to an activating group) is 1. The highest BCUT2D eigenvalue weighted by Gasteiger charge is 2.13. The van der Waals surface area contributed by atoms with Crippen molar-refractivity contribution in [1.82, 2.24) is 4.90 Å². The van der Waals surface area contributed by atoms with Crippen LogP contribution in [0.25, 0.3) is 0 Å². The molecule has 1 aromatic carbocycles. The molecule has 132 valence electrons. The summed E-state index contributed by atoms with van der Waals surface area (Å²) >= 11 is 0. The molecule has 1 rings (SSSR count). The first kappa shape index (κ1) is 21.5. The Labute approximate surface area is 145 Å². The number of halogens is 1. The number of rotatable bonds is 10. The van der Waals surface area contributed by atoms with Gasteiger partial charge in [0, 0.05) is 24.8 Å². The smallest absolute Gasteiger partial charge is 0.341 e. The van der Waals surface area contributed by atoms with Gasteiger partial charge < -0.3 is 20.1 Å². The van der Waals surface area contributed by atoms with E-state index in [9.17, 15) is 9.90 Å². The third kappa shape index (κ3) is 7.57. The van der Waals surface area contributed by atoms with Crippen molar-refractivity contribution in [3.8, 4) is 5.75 Å². The lowest BCUT2D eigenvalue weighted by Crippen LogP contribution is -2.27. The van der Waals surface area contributed by atoms with E-state index < -0.39 is 5.97 Å². The lowest BCUT2D eigenvalue weighted by atomic mass is 10.2. The Morgan fingerprint density at radius 1 is 1.26 bits per heavy atom. The number of anilines is 1. The molecule has 0 unspecified atom stereocenters. The second-order valence-electron chi connectivity index (χ2n) is 5.18. The van der Waals surface area contributed by atoms with Crippen LogP contribution in [0.2, 0.25) is 0 Å². The van der Waals surface area contributed by atoms with E-state index in [1.165, 1.54) is 0 Å². The summed E-state index contributed by atoms with van der Waals surface area (Å²) in [6.07, 6.45) is 2.17. The molecule has 5 nitrogen and oxygen atoms in total. The van der Waals surface area contributed by atoms with E-state index in [0.29, 0.717) is 13.2 Å². The van der Waals surface area contributed by atoms with Crippen molar-refractivity contribution < 1.29 is 14.6 Å². The Kier molecular flexibility index (Phi) is 11.3. The standard InChI is InChI=1S/C17H28N2O3.ClH/c1-4-7-10-18-14-8-9-15(16(20)13-14)17(21)22-12-11-19(5-2)6-3;/h8-9,13,18,20H,4-7,10-12H2,1-3H3;1H. The molecule has 0 bridgehead atoms. The molecule has 0 spiro atoms. The molecular weight excluding hydrogens is 316 g/mol. The number of phenols is 1. The molecular formula is C17H29ClN2O3. The molecule has 6 heteroatoms. The summed E-state index contributed by atoms with van der Waals surface area (Å²) in [5, 5.41) is 13.2. The van der Waals surface area contributed by atoms with Crippen molar-refractivity contribution in [2.75, 3.05) is 38.1 Å². The highest BCUT2D eigenvalue weighted by Crippen LogP contribution is 2.22. The number of unbranched alkanes of at least 4 members (excludes halogenated alkanes) is 1. The molecule has 0 radical (unpaired) electrons. The van der Waals surface area contributed by atoms with E-state index in [1.54, 1.807) is 18.2 Å². The summed E-state index contributed by atoms with van der Waals surface area (Å²) in [4.78, 5) is 14.1. The van der Waals surface area contributed by atoms with Crippen LogP contribution < -0.4 is 5.32 Å². The lowest BCUT2D eigenvalue weighted by Gasteiger charge is -2.17. The van der Waals surface area contributed by atoms with E-state index in [-0.39, 0.29) is 23.7 Å². The second-order valence-corrected chi connectivity index (χ2v) is 5.18. The topological polar surface area (TPSA) is 61.8 Å². The minimum Gasteiger partial charge on any atom is -0.507 e. The molecule has 0 aliphatic heterocycles. The SMILES string of the molecule is CCCCNc1ccc(C(=O)OCCN(CC)CC)c(O)c1.Cl. The van der Waals surface area contributed by atoms with Crippen LogP contribution >= 0.6 is 12.4 Å². The molecule has 0 atom stereocenters. The van der Waals surface area contributed by atoms with Crippen LogP contribution in [0.1, 0.15) is 44.0 Å². The maximum absolute atomic E-state index is 12.0. The quantitative estimate of drug-likeness (QED) is 0.502. The van der Waals surface area contributed by atoms with Gasteiger partial charge in [0.2, 0.25) is 0 Å². The number of carbonyl (C=O) groups is 1. The van der Waals surface area contributed by atoms with Gasteiger partial charge in [-0.3, -0.25) is 0 Å². The molecule has 0 fully saturated rings. The number of hydrogen-bond acceptors (Lipinski definition) is 5. The van der Waals surface area contributed by atoms with Crippen LogP contribution in [-0.2, 0) is 4.74 Å². The molecule has 0 saturated heterocycles. The number of carbonyl (C=O) groups excluding carboxylic acids is 1. The van der Waals surface area contributed by atoms with Gasteiger partial charge in [-0.25, -0.2) is 4.79 Å². The van der Waals surface area contributed by atoms with Gasteiger partial charge in [-0.1, -0.05) is 27.2 Å². The predicted molar refractivity (Wildman–Crippen MR) is 96.8 cm³/mol. The summed E-state index contributed by atoms with van der Waals surface area (Å²) in [5.74, 6) is -0.529. The van der Waals surface area contributed by atoms with E-state index in [2.05, 4.69) is 31.0 Å². The van der Waals surface area contributed by atoms with Gasteiger partial charge in [-0.15, -0.1) is 12.4 Å². The van der Waals surface area contributed by atoms with Gasteiger partial charge in [0.25, 0.3) is 0 Å². The number of nitrogens with one attached hydrogen (secondary N) is 1. The summed E-state index contributed by atoms with van der Waals surface area (Å²) < 4.78 is 5.22. The highest BCUT2D eigenvalue weighted by atomic mass is 35.5. The molecule has 0 heterocycles. The fourth-order valence-electron chi connectivity index (χ4n) is 2.11. The number of aromatic hydroxyl groups is 1. The molecule has 0 aromatic heterocycles. The monoisotopic (exact) mass is 344 g/mol. The number of benzene rings is 1. The Balaban J connectivity index is 0.00000484. The van der Waals surface area contributed by atoms with Crippen molar-refractivity contribution in [1.29, 1.82) is 0 Å². The van der Waals surface area contributed by atoms with Crippen molar-refractivity contribution in [2.24, 2.45) is 0 Å². The first-order valence-electron chi connectivity index (χ1n) is 8.08. The van der Waals surface area contributed by atoms with Crippen LogP contribution in [-0.4, -0.2) is 48.8 Å². The Morgan fingerprint density at radius 2 is 1.96 bits per heavy atom. The third-order valence-corrected chi connectivity index (χ3v) is 3.61. The lowest BCUT2D eigenvalue weighted by molar-refractivity contribution is 0.0463. The van der Waals surface area contributed by atoms with Crippen molar-refractivity contribution in [3.05, 3.63) is 23.8 Å². The summed E-state index contributed by atoms with van der Waals surface area (Å²) in [6, 6.07) is 4.95. The summed E-state index contributed by atoms with van der Waals surface area (Å²) in [6.45, 7) is 10.0. The maximum Gasteiger partial charge on any atom is 0.341 e. The summed E-state index contributed by atoms with van der Waals surface area (Å²) in [5.41, 5.74) is 1.02. The second kappa shape index (κ2) is 12.0. The van der Waals surface area contributed by atoms with Crippen LogP contribution in [0.15, 0.2) is 18.2 Å². The van der Waals surface area contributed by atoms with E-state index in [0.717, 1.165) is 38.2 Å². The van der Waals surface area contributed by atoms with Gasteiger partial charge in [-0.05, 0) is 31.6 Å². The molecule has 23 heavy (non-hydrogen) atoms. The fourth-order valence-corrected chi connectivity index (χ4v) is 2.11. The molecule has 1 aromatic rings. The number of hydrogen-bond donors (Lipinski definition) is 2. The number of esters is 1. The third-order valence-electron chi connectivity index (χ3n) is 3.61. The first-order chi connectivity index (χ1) is 10.6. The number of nitrogens with zero attached hydrogens (tertiary/aromatic N) is 1. The zero-order valence-corrected chi connectivity index (χ0v) is 15.1. The zero-order valence-electron chi connectivity index (χ0n) is 14.3. The predicted octanol–water partition coefficient (Wildman–Crippen LogP) is 3.52. The minimum atomic E-state index is -0.482. The molecule has 2 N–H and O–H groups in total. The number of phenolic OH excluding ortho intramolecular Hbond substituents is 1. The molecule has 0 amide bonds. The van der Waals surface area contributed by atoms with Crippen molar-refractivity contribution >= 4 is 24.1 Å². The Morgan fingerprint density at radius 3 is 2.52 bits per heavy atom. The van der Waals surface area contributed by atoms with Gasteiger partial charge in [-0.2, -0.15) is 0 Å². The maximum atomic E-state index is 12.0. The minimum absolute atomic E-state index is 0. The molecule has 0 saturated carbocycles.